The van der Waals surface area contributed by atoms with Crippen LogP contribution in [0.5, 0.6) is 0 Å². The third-order valence-corrected chi connectivity index (χ3v) is 4.14. The summed E-state index contributed by atoms with van der Waals surface area (Å²) < 4.78 is 22.8. The molecule has 0 saturated carbocycles. The Hall–Kier alpha value is -2.27. The molecular formula is C12H18N4O6S. The van der Waals surface area contributed by atoms with E-state index >= 15 is 0 Å². The van der Waals surface area contributed by atoms with Crippen molar-refractivity contribution in [1.29, 1.82) is 0 Å². The van der Waals surface area contributed by atoms with Gasteiger partial charge in [-0.15, -0.1) is 0 Å². The van der Waals surface area contributed by atoms with Gasteiger partial charge in [-0.2, -0.15) is 0 Å². The smallest absolute Gasteiger partial charge is 0.301 e. The number of nitro groups is 2. The van der Waals surface area contributed by atoms with Crippen molar-refractivity contribution in [2.75, 3.05) is 18.0 Å². The second-order valence-electron chi connectivity index (χ2n) is 4.80. The molecule has 11 heteroatoms. The number of sulfonamides is 1. The van der Waals surface area contributed by atoms with Crippen molar-refractivity contribution in [3.05, 3.63) is 32.4 Å². The molecule has 0 aliphatic carbocycles. The number of hydrogen-bond donors (Lipinski definition) is 1. The maximum Gasteiger partial charge on any atom is 0.301 e. The van der Waals surface area contributed by atoms with Crippen molar-refractivity contribution >= 4 is 27.1 Å². The summed E-state index contributed by atoms with van der Waals surface area (Å²) in [6.07, 6.45) is 1.48. The SMILES string of the molecule is CCCCN(CC)c1c([N+](=O)[O-])cc(S(N)(=O)=O)cc1[N+](=O)[O-]. The summed E-state index contributed by atoms with van der Waals surface area (Å²) in [7, 11) is -4.31. The van der Waals surface area contributed by atoms with Crippen molar-refractivity contribution in [2.45, 2.75) is 31.6 Å². The highest BCUT2D eigenvalue weighted by Crippen LogP contribution is 2.39. The van der Waals surface area contributed by atoms with Gasteiger partial charge in [0, 0.05) is 25.2 Å². The van der Waals surface area contributed by atoms with Crippen molar-refractivity contribution in [3.8, 4) is 0 Å². The molecule has 0 atom stereocenters. The normalized spacial score (nSPS) is 11.3. The van der Waals surface area contributed by atoms with Gasteiger partial charge in [-0.1, -0.05) is 13.3 Å². The Balaban J connectivity index is 3.71. The van der Waals surface area contributed by atoms with Gasteiger partial charge >= 0.3 is 11.4 Å². The third kappa shape index (κ3) is 4.36. The molecule has 0 spiro atoms. The van der Waals surface area contributed by atoms with Crippen LogP contribution in [0.1, 0.15) is 26.7 Å². The Morgan fingerprint density at radius 2 is 1.61 bits per heavy atom. The van der Waals surface area contributed by atoms with Crippen LogP contribution < -0.4 is 10.0 Å². The number of nitro benzene ring substituents is 2. The van der Waals surface area contributed by atoms with Crippen molar-refractivity contribution < 1.29 is 18.3 Å². The minimum Gasteiger partial charge on any atom is -0.361 e. The Bertz CT molecular complexity index is 683. The number of anilines is 1. The van der Waals surface area contributed by atoms with Gasteiger partial charge in [0.25, 0.3) is 0 Å². The molecule has 0 aromatic heterocycles. The van der Waals surface area contributed by atoms with Gasteiger partial charge in [0.2, 0.25) is 10.0 Å². The van der Waals surface area contributed by atoms with E-state index in [0.29, 0.717) is 19.5 Å². The molecule has 2 N–H and O–H groups in total. The van der Waals surface area contributed by atoms with E-state index in [1.165, 1.54) is 4.90 Å². The molecule has 1 aromatic rings. The first-order valence-electron chi connectivity index (χ1n) is 6.88. The summed E-state index contributed by atoms with van der Waals surface area (Å²) in [6.45, 7) is 4.30. The molecule has 0 bridgehead atoms. The van der Waals surface area contributed by atoms with Crippen molar-refractivity contribution in [3.63, 3.8) is 0 Å². The fourth-order valence-corrected chi connectivity index (χ4v) is 2.67. The Labute approximate surface area is 133 Å². The Kier molecular flexibility index (Phi) is 5.98. The molecule has 0 saturated heterocycles. The lowest BCUT2D eigenvalue weighted by Crippen LogP contribution is -2.26. The molecule has 0 unspecified atom stereocenters. The number of nitrogens with zero attached hydrogens (tertiary/aromatic N) is 3. The van der Waals surface area contributed by atoms with E-state index in [9.17, 15) is 28.6 Å². The first-order chi connectivity index (χ1) is 10.6. The predicted molar refractivity (Wildman–Crippen MR) is 83.9 cm³/mol. The van der Waals surface area contributed by atoms with Crippen LogP contribution in [-0.4, -0.2) is 31.4 Å². The molecular weight excluding hydrogens is 328 g/mol. The zero-order valence-corrected chi connectivity index (χ0v) is 13.6. The first-order valence-corrected chi connectivity index (χ1v) is 8.42. The van der Waals surface area contributed by atoms with Crippen molar-refractivity contribution in [1.82, 2.24) is 0 Å². The zero-order chi connectivity index (χ0) is 17.8. The molecule has 1 rings (SSSR count). The monoisotopic (exact) mass is 346 g/mol. The quantitative estimate of drug-likeness (QED) is 0.556. The lowest BCUT2D eigenvalue weighted by atomic mass is 10.2. The Morgan fingerprint density at radius 3 is 1.91 bits per heavy atom. The molecule has 0 aliphatic heterocycles. The van der Waals surface area contributed by atoms with Crippen LogP contribution in [0.2, 0.25) is 0 Å². The van der Waals surface area contributed by atoms with Crippen LogP contribution in [0.15, 0.2) is 17.0 Å². The number of unbranched alkanes of at least 4 members (excludes halogenated alkanes) is 1. The van der Waals surface area contributed by atoms with Crippen molar-refractivity contribution in [2.24, 2.45) is 5.14 Å². The van der Waals surface area contributed by atoms with Gasteiger partial charge in [-0.05, 0) is 13.3 Å². The highest BCUT2D eigenvalue weighted by molar-refractivity contribution is 7.89. The number of rotatable bonds is 8. The van der Waals surface area contributed by atoms with E-state index < -0.39 is 36.1 Å². The number of benzene rings is 1. The first kappa shape index (κ1) is 18.8. The van der Waals surface area contributed by atoms with Crippen LogP contribution in [-0.2, 0) is 10.0 Å². The number of primary sulfonamides is 1. The summed E-state index contributed by atoms with van der Waals surface area (Å²) in [5.41, 5.74) is -1.51. The van der Waals surface area contributed by atoms with E-state index in [1.807, 2.05) is 6.92 Å². The summed E-state index contributed by atoms with van der Waals surface area (Å²) in [4.78, 5) is 21.7. The summed E-state index contributed by atoms with van der Waals surface area (Å²) in [5, 5.41) is 27.5. The lowest BCUT2D eigenvalue weighted by molar-refractivity contribution is -0.393. The highest BCUT2D eigenvalue weighted by Gasteiger charge is 2.32. The van der Waals surface area contributed by atoms with Crippen LogP contribution in [0, 0.1) is 20.2 Å². The summed E-state index contributed by atoms with van der Waals surface area (Å²) in [5.74, 6) is 0. The van der Waals surface area contributed by atoms with Gasteiger partial charge in [0.15, 0.2) is 5.69 Å². The fourth-order valence-electron chi connectivity index (χ4n) is 2.12. The standard InChI is InChI=1S/C12H18N4O6S/c1-3-5-6-14(4-2)12-10(15(17)18)7-9(23(13,21)22)8-11(12)16(19)20/h7-8H,3-6H2,1-2H3,(H2,13,21,22). The highest BCUT2D eigenvalue weighted by atomic mass is 32.2. The van der Waals surface area contributed by atoms with Gasteiger partial charge < -0.3 is 4.90 Å². The van der Waals surface area contributed by atoms with Crippen LogP contribution >= 0.6 is 0 Å². The van der Waals surface area contributed by atoms with Gasteiger partial charge in [-0.3, -0.25) is 20.2 Å². The van der Waals surface area contributed by atoms with Crippen LogP contribution in [0.4, 0.5) is 17.1 Å². The molecule has 10 nitrogen and oxygen atoms in total. The summed E-state index contributed by atoms with van der Waals surface area (Å²) in [6, 6.07) is 1.51. The molecule has 1 aromatic carbocycles. The minimum atomic E-state index is -4.31. The number of nitrogens with two attached hydrogens (primary N) is 1. The van der Waals surface area contributed by atoms with Gasteiger partial charge in [-0.25, -0.2) is 13.6 Å². The number of hydrogen-bond acceptors (Lipinski definition) is 7. The van der Waals surface area contributed by atoms with Gasteiger partial charge in [0.05, 0.1) is 14.7 Å². The maximum absolute atomic E-state index is 11.4. The van der Waals surface area contributed by atoms with E-state index in [4.69, 9.17) is 5.14 Å². The van der Waals surface area contributed by atoms with E-state index in [0.717, 1.165) is 18.6 Å². The molecule has 128 valence electrons. The fraction of sp³-hybridized carbons (Fsp3) is 0.500. The van der Waals surface area contributed by atoms with Gasteiger partial charge in [0.1, 0.15) is 0 Å². The second kappa shape index (κ2) is 7.33. The third-order valence-electron chi connectivity index (χ3n) is 3.24. The van der Waals surface area contributed by atoms with Crippen LogP contribution in [0.3, 0.4) is 0 Å². The topological polar surface area (TPSA) is 150 Å². The minimum absolute atomic E-state index is 0.205. The lowest BCUT2D eigenvalue weighted by Gasteiger charge is -2.22. The zero-order valence-electron chi connectivity index (χ0n) is 12.8. The molecule has 0 aliphatic rings. The molecule has 0 heterocycles. The average Bonchev–Trinajstić information content (AvgIpc) is 2.46. The van der Waals surface area contributed by atoms with Crippen LogP contribution in [0.25, 0.3) is 0 Å². The summed E-state index contributed by atoms with van der Waals surface area (Å²) >= 11 is 0. The molecule has 0 radical (unpaired) electrons. The maximum atomic E-state index is 11.4. The predicted octanol–water partition coefficient (Wildman–Crippen LogP) is 1.78. The second-order valence-corrected chi connectivity index (χ2v) is 6.36. The molecule has 23 heavy (non-hydrogen) atoms. The Morgan fingerprint density at radius 1 is 1.13 bits per heavy atom. The van der Waals surface area contributed by atoms with E-state index in [1.54, 1.807) is 6.92 Å². The largest absolute Gasteiger partial charge is 0.361 e. The molecule has 0 fully saturated rings. The average molecular weight is 346 g/mol. The van der Waals surface area contributed by atoms with E-state index in [2.05, 4.69) is 0 Å². The van der Waals surface area contributed by atoms with E-state index in [-0.39, 0.29) is 5.69 Å². The molecule has 0 amide bonds.